The molecule has 1 N–H and O–H groups in total. The smallest absolute Gasteiger partial charge is 0.241 e. The van der Waals surface area contributed by atoms with E-state index in [1.165, 1.54) is 12.1 Å². The first-order valence-electron chi connectivity index (χ1n) is 8.68. The average molecular weight is 434 g/mol. The molecule has 7 heteroatoms. The lowest BCUT2D eigenvalue weighted by molar-refractivity contribution is -0.120. The summed E-state index contributed by atoms with van der Waals surface area (Å²) in [6, 6.07) is 11.6. The molecule has 2 aromatic rings. The maximum Gasteiger partial charge on any atom is 0.241 e. The number of fused-ring (bicyclic) bond motifs is 1. The number of para-hydroxylation sites is 2. The van der Waals surface area contributed by atoms with Crippen molar-refractivity contribution in [3.63, 3.8) is 0 Å². The summed E-state index contributed by atoms with van der Waals surface area (Å²) < 4.78 is 13.9. The number of likely N-dealkylation sites (N-methyl/N-ethyl adjacent to an activating group) is 1. The summed E-state index contributed by atoms with van der Waals surface area (Å²) in [7, 11) is 1.84. The Hall–Kier alpha value is -2.25. The first-order chi connectivity index (χ1) is 12.8. The fraction of sp³-hybridized carbons (Fsp3) is 0.300. The lowest BCUT2D eigenvalue weighted by atomic mass is 10.1. The van der Waals surface area contributed by atoms with Gasteiger partial charge in [-0.3, -0.25) is 14.5 Å². The number of hydrogen-bond donors (Lipinski definition) is 1. The van der Waals surface area contributed by atoms with Crippen molar-refractivity contribution in [2.75, 3.05) is 23.8 Å². The van der Waals surface area contributed by atoms with Gasteiger partial charge in [-0.05, 0) is 43.8 Å². The van der Waals surface area contributed by atoms with Crippen LogP contribution < -0.4 is 10.2 Å². The molecule has 0 radical (unpaired) electrons. The van der Waals surface area contributed by atoms with E-state index in [2.05, 4.69) is 21.2 Å². The zero-order chi connectivity index (χ0) is 19.6. The fourth-order valence-electron chi connectivity index (χ4n) is 3.27. The predicted molar refractivity (Wildman–Crippen MR) is 107 cm³/mol. The molecule has 0 unspecified atom stereocenters. The van der Waals surface area contributed by atoms with Gasteiger partial charge in [0, 0.05) is 23.5 Å². The quantitative estimate of drug-likeness (QED) is 0.797. The van der Waals surface area contributed by atoms with E-state index in [1.807, 2.05) is 37.1 Å². The molecule has 0 saturated heterocycles. The van der Waals surface area contributed by atoms with Gasteiger partial charge in [-0.25, -0.2) is 4.39 Å². The third-order valence-corrected chi connectivity index (χ3v) is 5.23. The van der Waals surface area contributed by atoms with Gasteiger partial charge >= 0.3 is 0 Å². The first-order valence-corrected chi connectivity index (χ1v) is 9.48. The van der Waals surface area contributed by atoms with E-state index in [9.17, 15) is 14.0 Å². The Morgan fingerprint density at radius 3 is 2.81 bits per heavy atom. The van der Waals surface area contributed by atoms with Gasteiger partial charge in [-0.1, -0.05) is 34.1 Å². The number of carbonyl (C=O) groups is 2. The van der Waals surface area contributed by atoms with Crippen molar-refractivity contribution in [3.8, 4) is 0 Å². The number of nitrogens with zero attached hydrogens (tertiary/aromatic N) is 2. The molecule has 1 aliphatic heterocycles. The summed E-state index contributed by atoms with van der Waals surface area (Å²) in [4.78, 5) is 28.7. The number of halogens is 2. The number of carbonyl (C=O) groups excluding carboxylic acids is 2. The Balaban J connectivity index is 1.77. The highest BCUT2D eigenvalue weighted by atomic mass is 79.9. The lowest BCUT2D eigenvalue weighted by Crippen LogP contribution is -2.44. The minimum absolute atomic E-state index is 0.0906. The molecule has 1 aliphatic rings. The molecular formula is C20H21BrFN3O2. The molecule has 0 bridgehead atoms. The zero-order valence-corrected chi connectivity index (χ0v) is 16.8. The van der Waals surface area contributed by atoms with E-state index in [0.717, 1.165) is 5.56 Å². The molecule has 0 aromatic heterocycles. The van der Waals surface area contributed by atoms with Crippen LogP contribution in [-0.2, 0) is 16.1 Å². The molecule has 0 fully saturated rings. The van der Waals surface area contributed by atoms with Gasteiger partial charge in [0.2, 0.25) is 11.8 Å². The largest absolute Gasteiger partial charge is 0.324 e. The highest BCUT2D eigenvalue weighted by Crippen LogP contribution is 2.31. The van der Waals surface area contributed by atoms with Gasteiger partial charge in [0.15, 0.2) is 0 Å². The van der Waals surface area contributed by atoms with Crippen molar-refractivity contribution in [3.05, 3.63) is 58.3 Å². The Kier molecular flexibility index (Phi) is 5.92. The number of hydrogen-bond acceptors (Lipinski definition) is 3. The van der Waals surface area contributed by atoms with Gasteiger partial charge < -0.3 is 10.2 Å². The second-order valence-electron chi connectivity index (χ2n) is 6.79. The molecule has 5 nitrogen and oxygen atoms in total. The minimum atomic E-state index is -0.309. The number of anilines is 2. The van der Waals surface area contributed by atoms with Crippen LogP contribution in [0.5, 0.6) is 0 Å². The van der Waals surface area contributed by atoms with E-state index in [4.69, 9.17) is 0 Å². The zero-order valence-electron chi connectivity index (χ0n) is 15.2. The fourth-order valence-corrected chi connectivity index (χ4v) is 3.75. The Morgan fingerprint density at radius 1 is 1.33 bits per heavy atom. The summed E-state index contributed by atoms with van der Waals surface area (Å²) in [5.41, 5.74) is 2.24. The molecular weight excluding hydrogens is 413 g/mol. The third kappa shape index (κ3) is 4.54. The molecule has 3 rings (SSSR count). The summed E-state index contributed by atoms with van der Waals surface area (Å²) in [6.45, 7) is 2.54. The number of rotatable bonds is 4. The van der Waals surface area contributed by atoms with E-state index >= 15 is 0 Å². The first kappa shape index (κ1) is 19.5. The summed E-state index contributed by atoms with van der Waals surface area (Å²) in [5.74, 6) is -0.502. The molecule has 27 heavy (non-hydrogen) atoms. The Labute approximate surface area is 166 Å². The van der Waals surface area contributed by atoms with Crippen LogP contribution in [0.3, 0.4) is 0 Å². The van der Waals surface area contributed by atoms with Crippen molar-refractivity contribution < 1.29 is 14.0 Å². The SMILES string of the molecule is C[C@H]1CC(=O)Nc2ccccc2N1C(=O)CN(C)Cc1ccc(F)cc1Br. The molecule has 142 valence electrons. The maximum absolute atomic E-state index is 13.3. The van der Waals surface area contributed by atoms with Gasteiger partial charge in [-0.15, -0.1) is 0 Å². The summed E-state index contributed by atoms with van der Waals surface area (Å²) in [6.07, 6.45) is 0.244. The predicted octanol–water partition coefficient (Wildman–Crippen LogP) is 3.78. The van der Waals surface area contributed by atoms with Gasteiger partial charge in [0.1, 0.15) is 5.82 Å². The van der Waals surface area contributed by atoms with Crippen molar-refractivity contribution in [2.45, 2.75) is 25.9 Å². The van der Waals surface area contributed by atoms with Crippen LogP contribution in [-0.4, -0.2) is 36.3 Å². The van der Waals surface area contributed by atoms with E-state index in [0.29, 0.717) is 22.4 Å². The van der Waals surface area contributed by atoms with Gasteiger partial charge in [0.25, 0.3) is 0 Å². The average Bonchev–Trinajstić information content (AvgIpc) is 2.71. The molecule has 1 heterocycles. The molecule has 2 amide bonds. The number of amides is 2. The summed E-state index contributed by atoms with van der Waals surface area (Å²) in [5, 5.41) is 2.86. The van der Waals surface area contributed by atoms with E-state index < -0.39 is 0 Å². The molecule has 0 saturated carbocycles. The van der Waals surface area contributed by atoms with E-state index in [-0.39, 0.29) is 36.6 Å². The maximum atomic E-state index is 13.3. The third-order valence-electron chi connectivity index (χ3n) is 4.49. The van der Waals surface area contributed by atoms with Crippen molar-refractivity contribution in [1.29, 1.82) is 0 Å². The highest BCUT2D eigenvalue weighted by Gasteiger charge is 2.29. The molecule has 0 aliphatic carbocycles. The standard InChI is InChI=1S/C20H21BrFN3O2/c1-13-9-19(26)23-17-5-3-4-6-18(17)25(13)20(27)12-24(2)11-14-7-8-15(22)10-16(14)21/h3-8,10,13H,9,11-12H2,1-2H3,(H,23,26)/t13-/m0/s1. The topological polar surface area (TPSA) is 52.7 Å². The minimum Gasteiger partial charge on any atom is -0.324 e. The van der Waals surface area contributed by atoms with Crippen molar-refractivity contribution in [1.82, 2.24) is 4.90 Å². The van der Waals surface area contributed by atoms with Gasteiger partial charge in [-0.2, -0.15) is 0 Å². The monoisotopic (exact) mass is 433 g/mol. The summed E-state index contributed by atoms with van der Waals surface area (Å²) >= 11 is 3.36. The lowest BCUT2D eigenvalue weighted by Gasteiger charge is -2.29. The Morgan fingerprint density at radius 2 is 2.07 bits per heavy atom. The van der Waals surface area contributed by atoms with Crippen LogP contribution in [0, 0.1) is 5.82 Å². The van der Waals surface area contributed by atoms with E-state index in [1.54, 1.807) is 17.0 Å². The van der Waals surface area contributed by atoms with Crippen LogP contribution in [0.15, 0.2) is 46.9 Å². The number of nitrogens with one attached hydrogen (secondary N) is 1. The van der Waals surface area contributed by atoms with Crippen molar-refractivity contribution in [2.24, 2.45) is 0 Å². The number of benzene rings is 2. The van der Waals surface area contributed by atoms with Crippen LogP contribution in [0.1, 0.15) is 18.9 Å². The van der Waals surface area contributed by atoms with Crippen LogP contribution in [0.25, 0.3) is 0 Å². The van der Waals surface area contributed by atoms with Gasteiger partial charge in [0.05, 0.1) is 17.9 Å². The molecule has 0 spiro atoms. The molecule has 1 atom stereocenters. The molecule has 2 aromatic carbocycles. The van der Waals surface area contributed by atoms with Crippen LogP contribution >= 0.6 is 15.9 Å². The normalized spacial score (nSPS) is 16.7. The van der Waals surface area contributed by atoms with Crippen molar-refractivity contribution >= 4 is 39.1 Å². The highest BCUT2D eigenvalue weighted by molar-refractivity contribution is 9.10. The van der Waals surface area contributed by atoms with Crippen LogP contribution in [0.2, 0.25) is 0 Å². The second-order valence-corrected chi connectivity index (χ2v) is 7.64. The Bertz CT molecular complexity index is 874. The second kappa shape index (κ2) is 8.19. The van der Waals surface area contributed by atoms with Crippen LogP contribution in [0.4, 0.5) is 15.8 Å².